The third-order valence-corrected chi connectivity index (χ3v) is 4.92. The summed E-state index contributed by atoms with van der Waals surface area (Å²) in [6, 6.07) is 1.73. The molecular weight excluding hydrogens is 278 g/mol. The van der Waals surface area contributed by atoms with Gasteiger partial charge in [0.2, 0.25) is 0 Å². The molecule has 20 heavy (non-hydrogen) atoms. The Morgan fingerprint density at radius 3 is 2.90 bits per heavy atom. The molecule has 1 spiro atoms. The van der Waals surface area contributed by atoms with Gasteiger partial charge in [0.05, 0.1) is 17.9 Å². The van der Waals surface area contributed by atoms with Crippen molar-refractivity contribution in [2.75, 3.05) is 25.6 Å². The highest BCUT2D eigenvalue weighted by molar-refractivity contribution is 7.12. The van der Waals surface area contributed by atoms with Crippen LogP contribution in [0.2, 0.25) is 0 Å². The number of hydrogen-bond acceptors (Lipinski definition) is 6. The van der Waals surface area contributed by atoms with Gasteiger partial charge < -0.3 is 19.9 Å². The minimum absolute atomic E-state index is 0.0872. The maximum atomic E-state index is 12.1. The van der Waals surface area contributed by atoms with Crippen molar-refractivity contribution in [3.8, 4) is 0 Å². The molecule has 3 heterocycles. The lowest BCUT2D eigenvalue weighted by Crippen LogP contribution is -2.47. The van der Waals surface area contributed by atoms with Crippen LogP contribution in [0.3, 0.4) is 0 Å². The van der Waals surface area contributed by atoms with E-state index < -0.39 is 0 Å². The molecule has 1 aromatic heterocycles. The molecule has 5 nitrogen and oxygen atoms in total. The van der Waals surface area contributed by atoms with E-state index in [1.165, 1.54) is 11.3 Å². The lowest BCUT2D eigenvalue weighted by molar-refractivity contribution is -0.160. The molecule has 110 valence electrons. The van der Waals surface area contributed by atoms with Crippen LogP contribution in [0.15, 0.2) is 11.4 Å². The Labute approximate surface area is 122 Å². The molecule has 0 amide bonds. The van der Waals surface area contributed by atoms with Crippen LogP contribution >= 0.6 is 11.3 Å². The second-order valence-corrected chi connectivity index (χ2v) is 6.29. The highest BCUT2D eigenvalue weighted by Crippen LogP contribution is 2.36. The fourth-order valence-corrected chi connectivity index (χ4v) is 3.56. The fraction of sp³-hybridized carbons (Fsp3) is 0.643. The van der Waals surface area contributed by atoms with Gasteiger partial charge in [0, 0.05) is 26.1 Å². The van der Waals surface area contributed by atoms with E-state index in [-0.39, 0.29) is 17.7 Å². The minimum atomic E-state index is -0.313. The molecule has 2 aliphatic rings. The Bertz CT molecular complexity index is 476. The third-order valence-electron chi connectivity index (χ3n) is 4.01. The summed E-state index contributed by atoms with van der Waals surface area (Å²) in [7, 11) is 0. The van der Waals surface area contributed by atoms with Gasteiger partial charge in [0.25, 0.3) is 0 Å². The van der Waals surface area contributed by atoms with Crippen LogP contribution in [0.25, 0.3) is 0 Å². The topological polar surface area (TPSA) is 70.8 Å². The van der Waals surface area contributed by atoms with Crippen molar-refractivity contribution >= 4 is 23.0 Å². The van der Waals surface area contributed by atoms with Crippen molar-refractivity contribution in [1.82, 2.24) is 0 Å². The van der Waals surface area contributed by atoms with Gasteiger partial charge in [0.15, 0.2) is 0 Å². The lowest BCUT2D eigenvalue weighted by atomic mass is 9.85. The van der Waals surface area contributed by atoms with Crippen LogP contribution in [0.5, 0.6) is 0 Å². The average molecular weight is 297 g/mol. The molecule has 0 aliphatic carbocycles. The number of nitrogen functional groups attached to an aromatic ring is 1. The molecule has 2 saturated heterocycles. The molecule has 2 fully saturated rings. The van der Waals surface area contributed by atoms with Crippen LogP contribution in [-0.2, 0) is 14.2 Å². The molecule has 2 N–H and O–H groups in total. The Balaban J connectivity index is 1.63. The monoisotopic (exact) mass is 297 g/mol. The summed E-state index contributed by atoms with van der Waals surface area (Å²) in [5.41, 5.74) is 6.08. The van der Waals surface area contributed by atoms with Crippen molar-refractivity contribution in [3.05, 3.63) is 16.3 Å². The number of thiophene rings is 1. The van der Waals surface area contributed by atoms with E-state index in [9.17, 15) is 4.79 Å². The number of rotatable bonds is 2. The number of anilines is 1. The van der Waals surface area contributed by atoms with E-state index in [1.54, 1.807) is 11.4 Å². The summed E-state index contributed by atoms with van der Waals surface area (Å²) in [6.45, 7) is 2.08. The molecule has 0 saturated carbocycles. The SMILES string of the molecule is Nc1ccsc1C(=O)OC1CCOC2(CCOCC2)C1. The van der Waals surface area contributed by atoms with E-state index in [2.05, 4.69) is 0 Å². The largest absolute Gasteiger partial charge is 0.458 e. The Morgan fingerprint density at radius 2 is 2.20 bits per heavy atom. The van der Waals surface area contributed by atoms with E-state index in [4.69, 9.17) is 19.9 Å². The first-order chi connectivity index (χ1) is 9.69. The second-order valence-electron chi connectivity index (χ2n) is 5.37. The average Bonchev–Trinajstić information content (AvgIpc) is 2.86. The first-order valence-corrected chi connectivity index (χ1v) is 7.82. The highest BCUT2D eigenvalue weighted by Gasteiger charge is 2.40. The first-order valence-electron chi connectivity index (χ1n) is 6.94. The summed E-state index contributed by atoms with van der Waals surface area (Å²) in [5.74, 6) is -0.313. The van der Waals surface area contributed by atoms with Crippen LogP contribution in [0.4, 0.5) is 5.69 Å². The number of hydrogen-bond donors (Lipinski definition) is 1. The highest BCUT2D eigenvalue weighted by atomic mass is 32.1. The smallest absolute Gasteiger partial charge is 0.350 e. The first kappa shape index (κ1) is 13.9. The number of ether oxygens (including phenoxy) is 3. The molecule has 0 bridgehead atoms. The van der Waals surface area contributed by atoms with Crippen molar-refractivity contribution < 1.29 is 19.0 Å². The zero-order valence-corrected chi connectivity index (χ0v) is 12.1. The van der Waals surface area contributed by atoms with Crippen molar-refractivity contribution in [2.24, 2.45) is 0 Å². The van der Waals surface area contributed by atoms with Crippen molar-refractivity contribution in [2.45, 2.75) is 37.4 Å². The number of carbonyl (C=O) groups is 1. The predicted molar refractivity (Wildman–Crippen MR) is 75.9 cm³/mol. The minimum Gasteiger partial charge on any atom is -0.458 e. The molecule has 1 atom stereocenters. The molecule has 3 rings (SSSR count). The Kier molecular flexibility index (Phi) is 3.96. The Hall–Kier alpha value is -1.11. The van der Waals surface area contributed by atoms with Crippen LogP contribution in [0.1, 0.15) is 35.4 Å². The molecular formula is C14H19NO4S. The van der Waals surface area contributed by atoms with Gasteiger partial charge in [-0.25, -0.2) is 4.79 Å². The van der Waals surface area contributed by atoms with E-state index >= 15 is 0 Å². The van der Waals surface area contributed by atoms with Gasteiger partial charge in [-0.3, -0.25) is 0 Å². The summed E-state index contributed by atoms with van der Waals surface area (Å²) < 4.78 is 16.9. The van der Waals surface area contributed by atoms with Crippen LogP contribution in [0, 0.1) is 0 Å². The molecule has 2 aliphatic heterocycles. The molecule has 6 heteroatoms. The standard InChI is InChI=1S/C14H19NO4S/c15-11-2-8-20-12(11)13(16)19-10-1-5-18-14(9-10)3-6-17-7-4-14/h2,8,10H,1,3-7,9,15H2. The third kappa shape index (κ3) is 2.82. The van der Waals surface area contributed by atoms with Crippen molar-refractivity contribution in [1.29, 1.82) is 0 Å². The summed E-state index contributed by atoms with van der Waals surface area (Å²) in [5, 5.41) is 1.80. The molecule has 0 radical (unpaired) electrons. The van der Waals surface area contributed by atoms with Gasteiger partial charge in [-0.2, -0.15) is 0 Å². The maximum absolute atomic E-state index is 12.1. The van der Waals surface area contributed by atoms with Crippen LogP contribution < -0.4 is 5.73 Å². The van der Waals surface area contributed by atoms with Gasteiger partial charge in [-0.05, 0) is 24.3 Å². The zero-order chi connectivity index (χ0) is 14.0. The number of carbonyl (C=O) groups excluding carboxylic acids is 1. The zero-order valence-electron chi connectivity index (χ0n) is 11.3. The normalized spacial score (nSPS) is 25.5. The van der Waals surface area contributed by atoms with E-state index in [0.717, 1.165) is 38.9 Å². The van der Waals surface area contributed by atoms with E-state index in [0.29, 0.717) is 17.2 Å². The fourth-order valence-electron chi connectivity index (χ4n) is 2.87. The molecule has 1 unspecified atom stereocenters. The van der Waals surface area contributed by atoms with Gasteiger partial charge in [-0.15, -0.1) is 11.3 Å². The lowest BCUT2D eigenvalue weighted by Gasteiger charge is -2.42. The van der Waals surface area contributed by atoms with Gasteiger partial charge in [0.1, 0.15) is 11.0 Å². The van der Waals surface area contributed by atoms with Gasteiger partial charge >= 0.3 is 5.97 Å². The van der Waals surface area contributed by atoms with E-state index in [1.807, 2.05) is 0 Å². The Morgan fingerprint density at radius 1 is 1.40 bits per heavy atom. The summed E-state index contributed by atoms with van der Waals surface area (Å²) >= 11 is 1.32. The number of esters is 1. The summed E-state index contributed by atoms with van der Waals surface area (Å²) in [4.78, 5) is 12.6. The van der Waals surface area contributed by atoms with Crippen LogP contribution in [-0.4, -0.2) is 37.5 Å². The van der Waals surface area contributed by atoms with Gasteiger partial charge in [-0.1, -0.05) is 0 Å². The second kappa shape index (κ2) is 5.71. The quantitative estimate of drug-likeness (QED) is 0.848. The predicted octanol–water partition coefficient (Wildman–Crippen LogP) is 2.22. The maximum Gasteiger partial charge on any atom is 0.350 e. The summed E-state index contributed by atoms with van der Waals surface area (Å²) in [6.07, 6.45) is 3.17. The molecule has 0 aromatic carbocycles. The number of nitrogens with two attached hydrogens (primary N) is 1. The van der Waals surface area contributed by atoms with Crippen molar-refractivity contribution in [3.63, 3.8) is 0 Å². The molecule has 1 aromatic rings.